The van der Waals surface area contributed by atoms with Gasteiger partial charge >= 0.3 is 0 Å². The van der Waals surface area contributed by atoms with Gasteiger partial charge in [0.05, 0.1) is 12.3 Å². The largest absolute Gasteiger partial charge is 0.490 e. The summed E-state index contributed by atoms with van der Waals surface area (Å²) in [5, 5.41) is 12.2. The molecule has 164 valence electrons. The number of para-hydroxylation sites is 1. The average Bonchev–Trinajstić information content (AvgIpc) is 3.04. The molecule has 5 nitrogen and oxygen atoms in total. The molecule has 3 heterocycles. The maximum atomic E-state index is 13.7. The van der Waals surface area contributed by atoms with Crippen LogP contribution in [-0.4, -0.2) is 39.7 Å². The van der Waals surface area contributed by atoms with E-state index in [1.807, 2.05) is 19.2 Å². The van der Waals surface area contributed by atoms with Crippen molar-refractivity contribution >= 4 is 11.3 Å². The molecule has 1 fully saturated rings. The number of pyridine rings is 1. The van der Waals surface area contributed by atoms with Gasteiger partial charge in [-0.15, -0.1) is 11.3 Å². The summed E-state index contributed by atoms with van der Waals surface area (Å²) >= 11 is 1.56. The van der Waals surface area contributed by atoms with Crippen LogP contribution < -0.4 is 4.74 Å². The molecular weight excluding hydrogens is 413 g/mol. The van der Waals surface area contributed by atoms with E-state index in [0.29, 0.717) is 25.9 Å². The van der Waals surface area contributed by atoms with Crippen LogP contribution in [-0.2, 0) is 18.6 Å². The highest BCUT2D eigenvalue weighted by Gasteiger charge is 2.35. The van der Waals surface area contributed by atoms with E-state index in [0.717, 1.165) is 41.6 Å². The zero-order valence-electron chi connectivity index (χ0n) is 17.8. The molecule has 7 heteroatoms. The van der Waals surface area contributed by atoms with Crippen LogP contribution in [0.1, 0.15) is 40.4 Å². The van der Waals surface area contributed by atoms with Crippen LogP contribution in [0.4, 0.5) is 4.39 Å². The molecule has 2 aromatic heterocycles. The second kappa shape index (κ2) is 9.85. The van der Waals surface area contributed by atoms with Gasteiger partial charge in [-0.1, -0.05) is 18.2 Å². The number of nitrogens with zero attached hydrogens (tertiary/aromatic N) is 3. The van der Waals surface area contributed by atoms with Crippen molar-refractivity contribution in [3.05, 3.63) is 75.8 Å². The van der Waals surface area contributed by atoms with E-state index in [2.05, 4.69) is 16.0 Å². The Morgan fingerprint density at radius 3 is 2.87 bits per heavy atom. The molecule has 1 atom stereocenters. The van der Waals surface area contributed by atoms with Gasteiger partial charge in [-0.25, -0.2) is 9.37 Å². The van der Waals surface area contributed by atoms with Crippen molar-refractivity contribution in [2.75, 3.05) is 19.7 Å². The number of likely N-dealkylation sites (tertiary alicyclic amines) is 1. The van der Waals surface area contributed by atoms with Crippen LogP contribution in [0.25, 0.3) is 0 Å². The molecule has 0 bridgehead atoms. The second-order valence-electron chi connectivity index (χ2n) is 8.08. The van der Waals surface area contributed by atoms with Gasteiger partial charge in [0.25, 0.3) is 0 Å². The minimum atomic E-state index is -0.899. The number of rotatable bonds is 7. The van der Waals surface area contributed by atoms with E-state index in [4.69, 9.17) is 9.72 Å². The predicted molar refractivity (Wildman–Crippen MR) is 120 cm³/mol. The van der Waals surface area contributed by atoms with Gasteiger partial charge in [0.15, 0.2) is 11.6 Å². The molecular formula is C24H28FN3O2S. The average molecular weight is 442 g/mol. The zero-order valence-corrected chi connectivity index (χ0v) is 18.6. The van der Waals surface area contributed by atoms with Crippen LogP contribution in [0.5, 0.6) is 5.75 Å². The van der Waals surface area contributed by atoms with Gasteiger partial charge < -0.3 is 9.84 Å². The van der Waals surface area contributed by atoms with E-state index in [1.54, 1.807) is 35.7 Å². The van der Waals surface area contributed by atoms with E-state index in [9.17, 15) is 9.50 Å². The van der Waals surface area contributed by atoms with Gasteiger partial charge in [0.2, 0.25) is 0 Å². The Labute approximate surface area is 186 Å². The molecule has 4 rings (SSSR count). The molecule has 1 aromatic carbocycles. The number of halogens is 1. The Morgan fingerprint density at radius 1 is 1.19 bits per heavy atom. The van der Waals surface area contributed by atoms with Crippen molar-refractivity contribution in [3.63, 3.8) is 0 Å². The summed E-state index contributed by atoms with van der Waals surface area (Å²) in [6.45, 7) is 4.95. The molecule has 1 N–H and O–H groups in total. The lowest BCUT2D eigenvalue weighted by Crippen LogP contribution is -2.29. The monoisotopic (exact) mass is 441 g/mol. The number of benzene rings is 1. The number of aryl methyl sites for hydroxylation is 1. The first-order valence-corrected chi connectivity index (χ1v) is 11.5. The minimum absolute atomic E-state index is 0.265. The van der Waals surface area contributed by atoms with Gasteiger partial charge in [0.1, 0.15) is 10.6 Å². The maximum absolute atomic E-state index is 13.7. The Hall–Kier alpha value is -2.35. The van der Waals surface area contributed by atoms with Crippen molar-refractivity contribution in [1.29, 1.82) is 0 Å². The summed E-state index contributed by atoms with van der Waals surface area (Å²) in [6.07, 6.45) is 6.60. The highest BCUT2D eigenvalue weighted by molar-refractivity contribution is 7.11. The second-order valence-corrected chi connectivity index (χ2v) is 9.16. The quantitative estimate of drug-likeness (QED) is 0.586. The lowest BCUT2D eigenvalue weighted by molar-refractivity contribution is 0.0207. The van der Waals surface area contributed by atoms with E-state index in [-0.39, 0.29) is 11.6 Å². The van der Waals surface area contributed by atoms with Crippen LogP contribution in [0.3, 0.4) is 0 Å². The first-order chi connectivity index (χ1) is 15.0. The Bertz CT molecular complexity index is 997. The number of aromatic nitrogens is 2. The fourth-order valence-electron chi connectivity index (χ4n) is 3.97. The Morgan fingerprint density at radius 2 is 2.06 bits per heavy atom. The number of aliphatic hydroxyl groups is 1. The molecule has 1 aliphatic rings. The first kappa shape index (κ1) is 21.9. The molecule has 0 radical (unpaired) electrons. The van der Waals surface area contributed by atoms with Crippen molar-refractivity contribution in [1.82, 2.24) is 14.9 Å². The molecule has 3 aromatic rings. The highest BCUT2D eigenvalue weighted by Crippen LogP contribution is 2.37. The summed E-state index contributed by atoms with van der Waals surface area (Å²) in [7, 11) is 0. The van der Waals surface area contributed by atoms with E-state index in [1.165, 1.54) is 11.6 Å². The zero-order chi connectivity index (χ0) is 21.7. The number of hydrogen-bond donors (Lipinski definition) is 1. The standard InChI is InChI=1S/C24H28FN3O2S/c1-18-22(9-15-30-21-8-3-2-7-20(21)25)31-23(27-18)24(29)10-5-13-28(14-11-24)17-19-6-4-12-26-16-19/h2-4,6-8,12,16,29H,5,9-11,13-15,17H2,1H3/t24-/m0/s1. The molecule has 1 aliphatic heterocycles. The third-order valence-corrected chi connectivity index (χ3v) is 7.16. The van der Waals surface area contributed by atoms with Crippen LogP contribution in [0, 0.1) is 12.7 Å². The van der Waals surface area contributed by atoms with Crippen molar-refractivity contribution in [3.8, 4) is 5.75 Å². The molecule has 0 unspecified atom stereocenters. The molecule has 0 saturated carbocycles. The predicted octanol–water partition coefficient (Wildman–Crippen LogP) is 4.48. The normalized spacial score (nSPS) is 19.8. The third kappa shape index (κ3) is 5.47. The molecule has 0 aliphatic carbocycles. The molecule has 1 saturated heterocycles. The molecule has 0 amide bonds. The summed E-state index contributed by atoms with van der Waals surface area (Å²) < 4.78 is 19.3. The van der Waals surface area contributed by atoms with E-state index < -0.39 is 5.60 Å². The minimum Gasteiger partial charge on any atom is -0.490 e. The topological polar surface area (TPSA) is 58.5 Å². The van der Waals surface area contributed by atoms with Crippen molar-refractivity contribution in [2.24, 2.45) is 0 Å². The van der Waals surface area contributed by atoms with Crippen LogP contribution >= 0.6 is 11.3 Å². The lowest BCUT2D eigenvalue weighted by Gasteiger charge is -2.24. The summed E-state index contributed by atoms with van der Waals surface area (Å²) in [6, 6.07) is 10.5. The first-order valence-electron chi connectivity index (χ1n) is 10.7. The highest BCUT2D eigenvalue weighted by atomic mass is 32.1. The SMILES string of the molecule is Cc1nc([C@]2(O)CCCN(Cc3cccnc3)CC2)sc1CCOc1ccccc1F. The van der Waals surface area contributed by atoms with Crippen molar-refractivity contribution in [2.45, 2.75) is 44.8 Å². The van der Waals surface area contributed by atoms with Crippen LogP contribution in [0.2, 0.25) is 0 Å². The molecule has 0 spiro atoms. The smallest absolute Gasteiger partial charge is 0.165 e. The van der Waals surface area contributed by atoms with Gasteiger partial charge in [-0.3, -0.25) is 9.88 Å². The van der Waals surface area contributed by atoms with Gasteiger partial charge in [0, 0.05) is 36.8 Å². The number of ether oxygens (including phenoxy) is 1. The summed E-state index contributed by atoms with van der Waals surface area (Å²) in [4.78, 5) is 12.4. The number of hydrogen-bond acceptors (Lipinski definition) is 6. The van der Waals surface area contributed by atoms with Gasteiger partial charge in [-0.2, -0.15) is 0 Å². The fourth-order valence-corrected chi connectivity index (χ4v) is 5.16. The van der Waals surface area contributed by atoms with Crippen molar-refractivity contribution < 1.29 is 14.2 Å². The summed E-state index contributed by atoms with van der Waals surface area (Å²) in [5.74, 6) is -0.0891. The summed E-state index contributed by atoms with van der Waals surface area (Å²) in [5.41, 5.74) is 1.21. The van der Waals surface area contributed by atoms with Crippen LogP contribution in [0.15, 0.2) is 48.8 Å². The van der Waals surface area contributed by atoms with E-state index >= 15 is 0 Å². The maximum Gasteiger partial charge on any atom is 0.165 e. The van der Waals surface area contributed by atoms with Gasteiger partial charge in [-0.05, 0) is 56.5 Å². The fraction of sp³-hybridized carbons (Fsp3) is 0.417. The Balaban J connectivity index is 1.37. The lowest BCUT2D eigenvalue weighted by atomic mass is 9.96. The number of thiazole rings is 1. The Kier molecular flexibility index (Phi) is 6.95. The third-order valence-electron chi connectivity index (χ3n) is 5.75. The molecule has 31 heavy (non-hydrogen) atoms.